The Bertz CT molecular complexity index is 790. The molecule has 0 aliphatic carbocycles. The van der Waals surface area contributed by atoms with E-state index in [2.05, 4.69) is 35.0 Å². The van der Waals surface area contributed by atoms with Gasteiger partial charge in [-0.3, -0.25) is 9.59 Å². The molecule has 3 rings (SSSR count). The number of benzene rings is 1. The Morgan fingerprint density at radius 1 is 1.30 bits per heavy atom. The molecule has 1 fully saturated rings. The van der Waals surface area contributed by atoms with Crippen LogP contribution in [0, 0.1) is 5.41 Å². The molecule has 6 heteroatoms. The summed E-state index contributed by atoms with van der Waals surface area (Å²) < 4.78 is 5.00. The van der Waals surface area contributed by atoms with Crippen LogP contribution in [0.4, 0.5) is 0 Å². The number of carbonyl (C=O) groups excluding carboxylic acids is 2. The topological polar surface area (TPSA) is 58.6 Å². The first-order valence-electron chi connectivity index (χ1n) is 9.20. The molecule has 0 radical (unpaired) electrons. The van der Waals surface area contributed by atoms with Crippen LogP contribution in [0.3, 0.4) is 0 Å². The summed E-state index contributed by atoms with van der Waals surface area (Å²) in [6.07, 6.45) is 2.20. The lowest BCUT2D eigenvalue weighted by molar-refractivity contribution is -0.143. The molecule has 0 saturated carbocycles. The summed E-state index contributed by atoms with van der Waals surface area (Å²) in [7, 11) is 3.19. The van der Waals surface area contributed by atoms with Crippen molar-refractivity contribution in [2.24, 2.45) is 5.41 Å². The Morgan fingerprint density at radius 3 is 2.85 bits per heavy atom. The van der Waals surface area contributed by atoms with Crippen LogP contribution in [0.1, 0.15) is 18.4 Å². The van der Waals surface area contributed by atoms with Crippen LogP contribution in [0.2, 0.25) is 0 Å². The van der Waals surface area contributed by atoms with Crippen LogP contribution >= 0.6 is 11.3 Å². The van der Waals surface area contributed by atoms with Crippen molar-refractivity contribution in [2.75, 3.05) is 33.9 Å². The lowest BCUT2D eigenvalue weighted by Crippen LogP contribution is -2.54. The van der Waals surface area contributed by atoms with Gasteiger partial charge >= 0.3 is 0 Å². The Labute approximate surface area is 164 Å². The number of likely N-dealkylation sites (tertiary alicyclic amines) is 1. The smallest absolute Gasteiger partial charge is 0.248 e. The predicted octanol–water partition coefficient (Wildman–Crippen LogP) is 2.96. The van der Waals surface area contributed by atoms with Gasteiger partial charge in [0, 0.05) is 32.1 Å². The number of nitrogens with one attached hydrogen (secondary N) is 1. The number of amides is 2. The minimum atomic E-state index is -0.607. The number of hydrogen-bond donors (Lipinski definition) is 1. The van der Waals surface area contributed by atoms with Crippen molar-refractivity contribution in [3.8, 4) is 10.4 Å². The molecular formula is C21H26N2O3S. The number of methoxy groups -OCH3 is 1. The van der Waals surface area contributed by atoms with E-state index in [0.717, 1.165) is 24.0 Å². The van der Waals surface area contributed by atoms with E-state index in [1.807, 2.05) is 12.1 Å². The third kappa shape index (κ3) is 4.39. The fraction of sp³-hybridized carbons (Fsp3) is 0.429. The molecule has 1 saturated heterocycles. The molecule has 144 valence electrons. The average Bonchev–Trinajstić information content (AvgIpc) is 3.23. The third-order valence-corrected chi connectivity index (χ3v) is 6.10. The highest BCUT2D eigenvalue weighted by Gasteiger charge is 2.43. The van der Waals surface area contributed by atoms with E-state index >= 15 is 0 Å². The van der Waals surface area contributed by atoms with E-state index in [-0.39, 0.29) is 18.4 Å². The summed E-state index contributed by atoms with van der Waals surface area (Å²) in [4.78, 5) is 28.2. The Hall–Kier alpha value is -2.18. The van der Waals surface area contributed by atoms with Gasteiger partial charge in [0.25, 0.3) is 0 Å². The molecule has 1 aromatic carbocycles. The van der Waals surface area contributed by atoms with Crippen molar-refractivity contribution in [3.63, 3.8) is 0 Å². The zero-order valence-corrected chi connectivity index (χ0v) is 16.7. The molecule has 1 aliphatic heterocycles. The number of carbonyl (C=O) groups is 2. The summed E-state index contributed by atoms with van der Waals surface area (Å²) in [6.45, 7) is 1.16. The Kier molecular flexibility index (Phi) is 6.29. The molecule has 5 nitrogen and oxygen atoms in total. The maximum absolute atomic E-state index is 12.9. The quantitative estimate of drug-likeness (QED) is 0.830. The molecular weight excluding hydrogens is 360 g/mol. The molecule has 2 amide bonds. The van der Waals surface area contributed by atoms with Gasteiger partial charge in [-0.25, -0.2) is 0 Å². The summed E-state index contributed by atoms with van der Waals surface area (Å²) >= 11 is 1.70. The van der Waals surface area contributed by atoms with E-state index in [9.17, 15) is 9.59 Å². The van der Waals surface area contributed by atoms with E-state index in [0.29, 0.717) is 19.5 Å². The second-order valence-electron chi connectivity index (χ2n) is 7.07. The largest absolute Gasteiger partial charge is 0.375 e. The lowest BCUT2D eigenvalue weighted by atomic mass is 9.74. The van der Waals surface area contributed by atoms with Crippen LogP contribution in [0.5, 0.6) is 0 Å². The maximum atomic E-state index is 12.9. The molecule has 1 aromatic heterocycles. The number of nitrogens with zero attached hydrogens (tertiary/aromatic N) is 1. The highest BCUT2D eigenvalue weighted by atomic mass is 32.1. The number of ether oxygens (including phenoxy) is 1. The Morgan fingerprint density at radius 2 is 2.15 bits per heavy atom. The van der Waals surface area contributed by atoms with Crippen molar-refractivity contribution < 1.29 is 14.3 Å². The fourth-order valence-corrected chi connectivity index (χ4v) is 4.63. The second kappa shape index (κ2) is 8.67. The van der Waals surface area contributed by atoms with Gasteiger partial charge in [-0.2, -0.15) is 0 Å². The van der Waals surface area contributed by atoms with Crippen LogP contribution in [0.15, 0.2) is 41.8 Å². The highest BCUT2D eigenvalue weighted by molar-refractivity contribution is 7.13. The minimum absolute atomic E-state index is 0.000978. The lowest BCUT2D eigenvalue weighted by Gasteiger charge is -2.41. The molecule has 1 N–H and O–H groups in total. The van der Waals surface area contributed by atoms with E-state index in [1.54, 1.807) is 23.3 Å². The van der Waals surface area contributed by atoms with Gasteiger partial charge in [-0.05, 0) is 41.8 Å². The Balaban J connectivity index is 1.86. The summed E-state index contributed by atoms with van der Waals surface area (Å²) in [6, 6.07) is 12.5. The van der Waals surface area contributed by atoms with E-state index in [4.69, 9.17) is 4.74 Å². The number of hydrogen-bond acceptors (Lipinski definition) is 4. The van der Waals surface area contributed by atoms with Gasteiger partial charge in [0.05, 0.1) is 5.41 Å². The number of rotatable bonds is 6. The minimum Gasteiger partial charge on any atom is -0.375 e. The van der Waals surface area contributed by atoms with Gasteiger partial charge in [0.15, 0.2) is 0 Å². The fourth-order valence-electron chi connectivity index (χ4n) is 3.90. The molecule has 2 aromatic rings. The maximum Gasteiger partial charge on any atom is 0.248 e. The van der Waals surface area contributed by atoms with Crippen molar-refractivity contribution in [1.29, 1.82) is 0 Å². The molecule has 0 unspecified atom stereocenters. The monoisotopic (exact) mass is 386 g/mol. The van der Waals surface area contributed by atoms with Gasteiger partial charge in [-0.1, -0.05) is 30.3 Å². The summed E-state index contributed by atoms with van der Waals surface area (Å²) in [5, 5.41) is 4.89. The van der Waals surface area contributed by atoms with E-state index in [1.165, 1.54) is 12.0 Å². The molecule has 1 aliphatic rings. The first-order chi connectivity index (χ1) is 13.1. The van der Waals surface area contributed by atoms with Gasteiger partial charge in [0.1, 0.15) is 6.61 Å². The van der Waals surface area contributed by atoms with Crippen molar-refractivity contribution in [3.05, 3.63) is 47.3 Å². The zero-order valence-electron chi connectivity index (χ0n) is 15.9. The van der Waals surface area contributed by atoms with Crippen LogP contribution in [-0.4, -0.2) is 50.6 Å². The highest BCUT2D eigenvalue weighted by Crippen LogP contribution is 2.35. The van der Waals surface area contributed by atoms with Crippen molar-refractivity contribution in [1.82, 2.24) is 10.2 Å². The van der Waals surface area contributed by atoms with Crippen molar-refractivity contribution >= 4 is 23.2 Å². The summed E-state index contributed by atoms with van der Waals surface area (Å²) in [5.74, 6) is -0.0586. The molecule has 2 heterocycles. The SMILES string of the molecule is CNC(=O)[C@]1(Cc2cccc(-c3cccs3)c2)CCCN(C(=O)COC)C1. The van der Waals surface area contributed by atoms with Crippen LogP contribution in [-0.2, 0) is 20.7 Å². The molecule has 27 heavy (non-hydrogen) atoms. The van der Waals surface area contributed by atoms with Gasteiger partial charge in [0.2, 0.25) is 11.8 Å². The second-order valence-corrected chi connectivity index (χ2v) is 8.01. The molecule has 0 spiro atoms. The van der Waals surface area contributed by atoms with Gasteiger partial charge in [-0.15, -0.1) is 11.3 Å². The standard InChI is InChI=1S/C21H26N2O3S/c1-22-20(25)21(9-5-10-23(15-21)19(24)14-26-2)13-16-6-3-7-17(12-16)18-8-4-11-27-18/h3-4,6-8,11-12H,5,9-10,13-15H2,1-2H3,(H,22,25)/t21-/m0/s1. The van der Waals surface area contributed by atoms with Crippen LogP contribution in [0.25, 0.3) is 10.4 Å². The normalized spacial score (nSPS) is 19.7. The van der Waals surface area contributed by atoms with Crippen LogP contribution < -0.4 is 5.32 Å². The number of thiophene rings is 1. The van der Waals surface area contributed by atoms with E-state index < -0.39 is 5.41 Å². The zero-order chi connectivity index (χ0) is 19.3. The summed E-state index contributed by atoms with van der Waals surface area (Å²) in [5.41, 5.74) is 1.67. The molecule has 0 bridgehead atoms. The average molecular weight is 387 g/mol. The number of piperidine rings is 1. The predicted molar refractivity (Wildman–Crippen MR) is 108 cm³/mol. The van der Waals surface area contributed by atoms with Gasteiger partial charge < -0.3 is 15.0 Å². The molecule has 1 atom stereocenters. The third-order valence-electron chi connectivity index (χ3n) is 5.18. The first kappa shape index (κ1) is 19.6. The van der Waals surface area contributed by atoms with Crippen molar-refractivity contribution in [2.45, 2.75) is 19.3 Å². The first-order valence-corrected chi connectivity index (χ1v) is 10.1.